The predicted octanol–water partition coefficient (Wildman–Crippen LogP) is 10.2. The van der Waals surface area contributed by atoms with Gasteiger partial charge in [0, 0.05) is 6.42 Å². The number of rotatable bonds is 25. The number of unbranched alkanes of at least 4 members (excludes halogenated alkanes) is 19. The van der Waals surface area contributed by atoms with Gasteiger partial charge in [0.05, 0.1) is 6.61 Å². The molecule has 0 aliphatic heterocycles. The van der Waals surface area contributed by atoms with E-state index in [1.165, 1.54) is 128 Å². The van der Waals surface area contributed by atoms with Crippen LogP contribution in [0.15, 0.2) is 0 Å². The van der Waals surface area contributed by atoms with Crippen LogP contribution in [-0.4, -0.2) is 12.6 Å². The van der Waals surface area contributed by atoms with Crippen molar-refractivity contribution >= 4 is 5.97 Å². The summed E-state index contributed by atoms with van der Waals surface area (Å²) in [5.74, 6) is 0.892. The molecule has 0 radical (unpaired) electrons. The minimum atomic E-state index is 0.0213. The highest BCUT2D eigenvalue weighted by Crippen LogP contribution is 2.14. The third-order valence-corrected chi connectivity index (χ3v) is 6.42. The fraction of sp³-hybridized carbons (Fsp3) is 0.966. The van der Waals surface area contributed by atoms with Crippen molar-refractivity contribution < 1.29 is 9.53 Å². The molecule has 0 saturated carbocycles. The van der Waals surface area contributed by atoms with Crippen molar-refractivity contribution in [1.29, 1.82) is 0 Å². The van der Waals surface area contributed by atoms with Gasteiger partial charge >= 0.3 is 5.97 Å². The van der Waals surface area contributed by atoms with Gasteiger partial charge in [-0.3, -0.25) is 4.79 Å². The van der Waals surface area contributed by atoms with Crippen LogP contribution < -0.4 is 0 Å². The summed E-state index contributed by atoms with van der Waals surface area (Å²) in [5, 5.41) is 0. The van der Waals surface area contributed by atoms with E-state index in [1.807, 2.05) is 0 Å². The van der Waals surface area contributed by atoms with E-state index in [0.29, 0.717) is 13.0 Å². The third kappa shape index (κ3) is 27.4. The molecule has 31 heavy (non-hydrogen) atoms. The number of carbonyl (C=O) groups excluding carboxylic acids is 1. The Morgan fingerprint density at radius 3 is 1.39 bits per heavy atom. The van der Waals surface area contributed by atoms with Gasteiger partial charge in [0.15, 0.2) is 0 Å². The van der Waals surface area contributed by atoms with Crippen LogP contribution in [0.25, 0.3) is 0 Å². The Morgan fingerprint density at radius 1 is 0.548 bits per heavy atom. The van der Waals surface area contributed by atoms with Crippen LogP contribution in [0.1, 0.15) is 168 Å². The smallest absolute Gasteiger partial charge is 0.305 e. The van der Waals surface area contributed by atoms with Gasteiger partial charge in [0.2, 0.25) is 0 Å². The average Bonchev–Trinajstić information content (AvgIpc) is 2.75. The molecule has 2 nitrogen and oxygen atoms in total. The lowest BCUT2D eigenvalue weighted by Crippen LogP contribution is -2.05. The Bertz CT molecular complexity index is 351. The summed E-state index contributed by atoms with van der Waals surface area (Å²) in [6, 6.07) is 0. The molecular formula is C29H58O2. The SMILES string of the molecule is CCCCCCCCCCCOC(=O)CCCCCCCCCCCCCCC(C)C. The number of ether oxygens (including phenoxy) is 1. The summed E-state index contributed by atoms with van der Waals surface area (Å²) in [6.45, 7) is 7.54. The number of hydrogen-bond donors (Lipinski definition) is 0. The average molecular weight is 439 g/mol. The molecule has 0 aliphatic rings. The van der Waals surface area contributed by atoms with Gasteiger partial charge in [-0.05, 0) is 18.8 Å². The van der Waals surface area contributed by atoms with E-state index >= 15 is 0 Å². The van der Waals surface area contributed by atoms with Gasteiger partial charge in [-0.25, -0.2) is 0 Å². The molecule has 0 aromatic rings. The predicted molar refractivity (Wildman–Crippen MR) is 138 cm³/mol. The second kappa shape index (κ2) is 25.7. The molecule has 0 N–H and O–H groups in total. The van der Waals surface area contributed by atoms with Crippen molar-refractivity contribution in [2.45, 2.75) is 168 Å². The zero-order chi connectivity index (χ0) is 22.8. The molecule has 0 bridgehead atoms. The Labute approximate surface area is 196 Å². The van der Waals surface area contributed by atoms with Crippen LogP contribution in [-0.2, 0) is 9.53 Å². The Balaban J connectivity index is 3.14. The van der Waals surface area contributed by atoms with Gasteiger partial charge in [0.25, 0.3) is 0 Å². The lowest BCUT2D eigenvalue weighted by molar-refractivity contribution is -0.143. The van der Waals surface area contributed by atoms with Gasteiger partial charge in [-0.15, -0.1) is 0 Å². The first-order valence-electron chi connectivity index (χ1n) is 14.3. The minimum absolute atomic E-state index is 0.0213. The van der Waals surface area contributed by atoms with E-state index in [-0.39, 0.29) is 5.97 Å². The molecule has 0 spiro atoms. The van der Waals surface area contributed by atoms with Gasteiger partial charge in [0.1, 0.15) is 0 Å². The fourth-order valence-corrected chi connectivity index (χ4v) is 4.26. The Hall–Kier alpha value is -0.530. The summed E-state index contributed by atoms with van der Waals surface area (Å²) in [7, 11) is 0. The highest BCUT2D eigenvalue weighted by molar-refractivity contribution is 5.69. The second-order valence-corrected chi connectivity index (χ2v) is 10.2. The molecule has 0 saturated heterocycles. The molecule has 0 unspecified atom stereocenters. The first-order chi connectivity index (χ1) is 15.2. The lowest BCUT2D eigenvalue weighted by Gasteiger charge is -2.06. The molecule has 0 aromatic carbocycles. The lowest BCUT2D eigenvalue weighted by atomic mass is 10.0. The summed E-state index contributed by atoms with van der Waals surface area (Å²) in [6.07, 6.45) is 29.9. The first kappa shape index (κ1) is 30.5. The monoisotopic (exact) mass is 438 g/mol. The van der Waals surface area contributed by atoms with E-state index < -0.39 is 0 Å². The maximum atomic E-state index is 11.8. The Morgan fingerprint density at radius 2 is 0.935 bits per heavy atom. The van der Waals surface area contributed by atoms with Crippen molar-refractivity contribution in [3.8, 4) is 0 Å². The number of esters is 1. The normalized spacial score (nSPS) is 11.4. The minimum Gasteiger partial charge on any atom is -0.466 e. The molecule has 0 amide bonds. The Kier molecular flexibility index (Phi) is 25.3. The van der Waals surface area contributed by atoms with Crippen LogP contribution in [0.3, 0.4) is 0 Å². The molecular weight excluding hydrogens is 380 g/mol. The van der Waals surface area contributed by atoms with Gasteiger partial charge < -0.3 is 4.74 Å². The number of carbonyl (C=O) groups is 1. The maximum absolute atomic E-state index is 11.8. The van der Waals surface area contributed by atoms with Crippen LogP contribution in [0.4, 0.5) is 0 Å². The van der Waals surface area contributed by atoms with E-state index in [4.69, 9.17) is 4.74 Å². The van der Waals surface area contributed by atoms with Gasteiger partial charge in [-0.2, -0.15) is 0 Å². The second-order valence-electron chi connectivity index (χ2n) is 10.2. The highest BCUT2D eigenvalue weighted by Gasteiger charge is 2.02. The zero-order valence-corrected chi connectivity index (χ0v) is 21.9. The van der Waals surface area contributed by atoms with Crippen molar-refractivity contribution in [1.82, 2.24) is 0 Å². The summed E-state index contributed by atoms with van der Waals surface area (Å²) in [4.78, 5) is 11.8. The molecule has 186 valence electrons. The molecule has 0 atom stereocenters. The van der Waals surface area contributed by atoms with E-state index in [9.17, 15) is 4.79 Å². The quantitative estimate of drug-likeness (QED) is 0.105. The molecule has 0 fully saturated rings. The van der Waals surface area contributed by atoms with Crippen LogP contribution in [0, 0.1) is 5.92 Å². The maximum Gasteiger partial charge on any atom is 0.305 e. The highest BCUT2D eigenvalue weighted by atomic mass is 16.5. The first-order valence-corrected chi connectivity index (χ1v) is 14.3. The molecule has 0 heterocycles. The topological polar surface area (TPSA) is 26.3 Å². The third-order valence-electron chi connectivity index (χ3n) is 6.42. The summed E-state index contributed by atoms with van der Waals surface area (Å²) in [5.41, 5.74) is 0. The van der Waals surface area contributed by atoms with Crippen molar-refractivity contribution in [3.05, 3.63) is 0 Å². The molecule has 0 aromatic heterocycles. The molecule has 0 aliphatic carbocycles. The van der Waals surface area contributed by atoms with E-state index in [2.05, 4.69) is 20.8 Å². The molecule has 2 heteroatoms. The van der Waals surface area contributed by atoms with Crippen LogP contribution in [0.5, 0.6) is 0 Å². The van der Waals surface area contributed by atoms with Crippen molar-refractivity contribution in [3.63, 3.8) is 0 Å². The summed E-state index contributed by atoms with van der Waals surface area (Å²) >= 11 is 0. The standard InChI is InChI=1S/C29H58O2/c1-4-5-6-7-8-15-18-21-24-27-31-29(30)26-23-20-17-14-12-10-9-11-13-16-19-22-25-28(2)3/h28H,4-27H2,1-3H3. The van der Waals surface area contributed by atoms with E-state index in [0.717, 1.165) is 18.8 Å². The van der Waals surface area contributed by atoms with Crippen LogP contribution in [0.2, 0.25) is 0 Å². The zero-order valence-electron chi connectivity index (χ0n) is 21.9. The van der Waals surface area contributed by atoms with Crippen molar-refractivity contribution in [2.24, 2.45) is 5.92 Å². The number of hydrogen-bond acceptors (Lipinski definition) is 2. The van der Waals surface area contributed by atoms with Crippen molar-refractivity contribution in [2.75, 3.05) is 6.61 Å². The molecule has 0 rings (SSSR count). The van der Waals surface area contributed by atoms with Crippen LogP contribution >= 0.6 is 0 Å². The van der Waals surface area contributed by atoms with E-state index in [1.54, 1.807) is 0 Å². The largest absolute Gasteiger partial charge is 0.466 e. The fourth-order valence-electron chi connectivity index (χ4n) is 4.26. The summed E-state index contributed by atoms with van der Waals surface area (Å²) < 4.78 is 5.38. The van der Waals surface area contributed by atoms with Gasteiger partial charge in [-0.1, -0.05) is 149 Å².